The van der Waals surface area contributed by atoms with Crippen molar-refractivity contribution in [1.82, 2.24) is 0 Å². The molecule has 21 heavy (non-hydrogen) atoms. The van der Waals surface area contributed by atoms with Gasteiger partial charge in [-0.05, 0) is 29.7 Å². The molecule has 0 bridgehead atoms. The largest absolute Gasteiger partial charge is 0.616 e. The maximum atomic E-state index is 11.8. The third-order valence-electron chi connectivity index (χ3n) is 3.00. The van der Waals surface area contributed by atoms with Crippen LogP contribution in [0.2, 0.25) is 0 Å². The summed E-state index contributed by atoms with van der Waals surface area (Å²) in [5.74, 6) is 0.239. The fraction of sp³-hybridized carbons (Fsp3) is 0.250. The Morgan fingerprint density at radius 1 is 1.24 bits per heavy atom. The number of carbonyl (C=O) groups is 1. The lowest BCUT2D eigenvalue weighted by Gasteiger charge is -2.09. The molecular formula is C16H18N2O3. The van der Waals surface area contributed by atoms with E-state index in [0.717, 1.165) is 0 Å². The lowest BCUT2D eigenvalue weighted by molar-refractivity contribution is -0.612. The van der Waals surface area contributed by atoms with Gasteiger partial charge in [0.1, 0.15) is 0 Å². The molecule has 0 atom stereocenters. The van der Waals surface area contributed by atoms with E-state index in [-0.39, 0.29) is 18.4 Å². The number of anilines is 1. The molecule has 1 heterocycles. The molecule has 1 aromatic heterocycles. The number of hydrogen-bond acceptors (Lipinski definition) is 3. The van der Waals surface area contributed by atoms with E-state index in [1.807, 2.05) is 24.3 Å². The van der Waals surface area contributed by atoms with Crippen LogP contribution in [0.4, 0.5) is 5.69 Å². The fourth-order valence-electron chi connectivity index (χ4n) is 1.81. The summed E-state index contributed by atoms with van der Waals surface area (Å²) in [5, 5.41) is 14.1. The summed E-state index contributed by atoms with van der Waals surface area (Å²) in [4.78, 5) is 11.8. The van der Waals surface area contributed by atoms with Gasteiger partial charge in [0.25, 0.3) is 5.91 Å². The zero-order valence-corrected chi connectivity index (χ0v) is 12.1. The number of aromatic nitrogens is 1. The molecule has 0 radical (unpaired) electrons. The van der Waals surface area contributed by atoms with Crippen LogP contribution < -0.4 is 14.8 Å². The van der Waals surface area contributed by atoms with Gasteiger partial charge in [0.15, 0.2) is 12.8 Å². The highest BCUT2D eigenvalue weighted by Crippen LogP contribution is 2.17. The van der Waals surface area contributed by atoms with Crippen LogP contribution in [0.1, 0.15) is 25.3 Å². The normalized spacial score (nSPS) is 10.4. The first-order valence-corrected chi connectivity index (χ1v) is 6.77. The van der Waals surface area contributed by atoms with Crippen LogP contribution >= 0.6 is 0 Å². The highest BCUT2D eigenvalue weighted by atomic mass is 16.6. The van der Waals surface area contributed by atoms with Crippen LogP contribution in [0.5, 0.6) is 5.88 Å². The number of pyridine rings is 1. The van der Waals surface area contributed by atoms with Gasteiger partial charge in [0.2, 0.25) is 0 Å². The van der Waals surface area contributed by atoms with Crippen molar-refractivity contribution >= 4 is 11.6 Å². The highest BCUT2D eigenvalue weighted by molar-refractivity contribution is 5.91. The second kappa shape index (κ2) is 6.74. The Labute approximate surface area is 123 Å². The molecule has 0 unspecified atom stereocenters. The molecule has 0 fully saturated rings. The van der Waals surface area contributed by atoms with Crippen molar-refractivity contribution in [3.05, 3.63) is 59.4 Å². The van der Waals surface area contributed by atoms with Crippen LogP contribution in [0.3, 0.4) is 0 Å². The van der Waals surface area contributed by atoms with E-state index in [1.165, 1.54) is 17.8 Å². The van der Waals surface area contributed by atoms with Crippen molar-refractivity contribution < 1.29 is 14.3 Å². The number of nitrogens with one attached hydrogen (secondary N) is 1. The van der Waals surface area contributed by atoms with Crippen LogP contribution in [-0.2, 0) is 4.79 Å². The summed E-state index contributed by atoms with van der Waals surface area (Å²) in [6.07, 6.45) is 1.32. The Balaban J connectivity index is 1.88. The van der Waals surface area contributed by atoms with Crippen molar-refractivity contribution in [3.63, 3.8) is 0 Å². The van der Waals surface area contributed by atoms with Crippen molar-refractivity contribution in [2.45, 2.75) is 19.8 Å². The van der Waals surface area contributed by atoms with Crippen LogP contribution in [0.15, 0.2) is 48.7 Å². The monoisotopic (exact) mass is 286 g/mol. The SMILES string of the molecule is CC(C)c1ccc(NC(=O)COc2cccc[n+]2[O-])cc1. The van der Waals surface area contributed by atoms with E-state index in [9.17, 15) is 10.0 Å². The van der Waals surface area contributed by atoms with Gasteiger partial charge in [-0.1, -0.05) is 26.0 Å². The minimum atomic E-state index is -0.309. The minimum absolute atomic E-state index is 0.0998. The molecule has 0 aliphatic carbocycles. The van der Waals surface area contributed by atoms with Gasteiger partial charge in [-0.25, -0.2) is 0 Å². The van der Waals surface area contributed by atoms with Gasteiger partial charge < -0.3 is 15.3 Å². The Bertz CT molecular complexity index is 609. The van der Waals surface area contributed by atoms with Gasteiger partial charge in [0, 0.05) is 11.8 Å². The van der Waals surface area contributed by atoms with E-state index in [2.05, 4.69) is 19.2 Å². The molecular weight excluding hydrogens is 268 g/mol. The zero-order chi connectivity index (χ0) is 15.2. The van der Waals surface area contributed by atoms with Crippen molar-refractivity contribution in [2.24, 2.45) is 0 Å². The molecule has 0 aliphatic heterocycles. The zero-order valence-electron chi connectivity index (χ0n) is 12.1. The molecule has 1 aromatic carbocycles. The van der Waals surface area contributed by atoms with Crippen molar-refractivity contribution in [1.29, 1.82) is 0 Å². The average molecular weight is 286 g/mol. The van der Waals surface area contributed by atoms with Crippen molar-refractivity contribution in [2.75, 3.05) is 11.9 Å². The predicted octanol–water partition coefficient (Wildman–Crippen LogP) is 2.46. The molecule has 0 saturated heterocycles. The molecule has 0 spiro atoms. The number of nitrogens with zero attached hydrogens (tertiary/aromatic N) is 1. The molecule has 5 heteroatoms. The van der Waals surface area contributed by atoms with E-state index < -0.39 is 0 Å². The molecule has 5 nitrogen and oxygen atoms in total. The van der Waals surface area contributed by atoms with Crippen LogP contribution in [-0.4, -0.2) is 12.5 Å². The molecule has 0 saturated carbocycles. The van der Waals surface area contributed by atoms with E-state index in [1.54, 1.807) is 12.1 Å². The minimum Gasteiger partial charge on any atom is -0.616 e. The second-order valence-electron chi connectivity index (χ2n) is 4.98. The van der Waals surface area contributed by atoms with Gasteiger partial charge in [0.05, 0.1) is 6.07 Å². The Morgan fingerprint density at radius 3 is 2.57 bits per heavy atom. The standard InChI is InChI=1S/C16H18N2O3/c1-12(2)13-6-8-14(9-7-13)17-15(19)11-21-16-5-3-4-10-18(16)20/h3-10,12H,11H2,1-2H3,(H,17,19). The fourth-order valence-corrected chi connectivity index (χ4v) is 1.81. The second-order valence-corrected chi connectivity index (χ2v) is 4.98. The number of hydrogen-bond donors (Lipinski definition) is 1. The smallest absolute Gasteiger partial charge is 0.379 e. The Hall–Kier alpha value is -2.56. The molecule has 110 valence electrons. The molecule has 2 aromatic rings. The summed E-state index contributed by atoms with van der Waals surface area (Å²) >= 11 is 0. The first-order chi connectivity index (χ1) is 10.1. The molecule has 2 rings (SSSR count). The summed E-state index contributed by atoms with van der Waals surface area (Å²) in [6.45, 7) is 4.01. The van der Waals surface area contributed by atoms with Gasteiger partial charge in [-0.2, -0.15) is 0 Å². The first-order valence-electron chi connectivity index (χ1n) is 6.77. The third-order valence-corrected chi connectivity index (χ3v) is 3.00. The quantitative estimate of drug-likeness (QED) is 0.678. The summed E-state index contributed by atoms with van der Waals surface area (Å²) < 4.78 is 5.75. The average Bonchev–Trinajstić information content (AvgIpc) is 2.47. The van der Waals surface area contributed by atoms with Gasteiger partial charge in [-0.15, -0.1) is 4.73 Å². The van der Waals surface area contributed by atoms with Crippen LogP contribution in [0.25, 0.3) is 0 Å². The Kier molecular flexibility index (Phi) is 4.77. The van der Waals surface area contributed by atoms with E-state index in [4.69, 9.17) is 4.74 Å². The molecule has 1 N–H and O–H groups in total. The number of benzene rings is 1. The Morgan fingerprint density at radius 2 is 1.95 bits per heavy atom. The lowest BCUT2D eigenvalue weighted by Crippen LogP contribution is -2.30. The van der Waals surface area contributed by atoms with Crippen molar-refractivity contribution in [3.8, 4) is 5.88 Å². The summed E-state index contributed by atoms with van der Waals surface area (Å²) in [6, 6.07) is 12.4. The van der Waals surface area contributed by atoms with E-state index in [0.29, 0.717) is 16.3 Å². The highest BCUT2D eigenvalue weighted by Gasteiger charge is 2.09. The van der Waals surface area contributed by atoms with E-state index >= 15 is 0 Å². The van der Waals surface area contributed by atoms with Gasteiger partial charge >= 0.3 is 5.88 Å². The number of carbonyl (C=O) groups excluding carboxylic acids is 1. The predicted molar refractivity (Wildman–Crippen MR) is 80.1 cm³/mol. The topological polar surface area (TPSA) is 65.3 Å². The third kappa shape index (κ3) is 4.21. The summed E-state index contributed by atoms with van der Waals surface area (Å²) in [7, 11) is 0. The first kappa shape index (κ1) is 14.8. The molecule has 0 aliphatic rings. The number of rotatable bonds is 5. The number of ether oxygens (including phenoxy) is 1. The lowest BCUT2D eigenvalue weighted by atomic mass is 10.0. The van der Waals surface area contributed by atoms with Gasteiger partial charge in [-0.3, -0.25) is 4.79 Å². The van der Waals surface area contributed by atoms with Crippen LogP contribution in [0, 0.1) is 5.21 Å². The maximum Gasteiger partial charge on any atom is 0.379 e. The number of amides is 1. The molecule has 1 amide bonds. The maximum absolute atomic E-state index is 11.8. The summed E-state index contributed by atoms with van der Waals surface area (Å²) in [5.41, 5.74) is 1.91.